The predicted octanol–water partition coefficient (Wildman–Crippen LogP) is 5.80. The van der Waals surface area contributed by atoms with E-state index in [1.165, 1.54) is 25.7 Å². The molecule has 0 amide bonds. The first-order valence-corrected chi connectivity index (χ1v) is 10.1. The summed E-state index contributed by atoms with van der Waals surface area (Å²) in [6, 6.07) is 0. The number of rotatable bonds is 14. The number of carbonyl (C=O) groups excluding carboxylic acids is 1. The summed E-state index contributed by atoms with van der Waals surface area (Å²) in [7, 11) is -1.87. The largest absolute Gasteiger partial charge is 0.697 e. The molecule has 138 valence electrons. The molecule has 0 fully saturated rings. The normalized spacial score (nSPS) is 9.91. The van der Waals surface area contributed by atoms with Crippen LogP contribution in [-0.2, 0) is 23.1 Å². The van der Waals surface area contributed by atoms with Crippen molar-refractivity contribution in [1.29, 1.82) is 0 Å². The lowest BCUT2D eigenvalue weighted by Gasteiger charge is -1.95. The van der Waals surface area contributed by atoms with Gasteiger partial charge in [0.2, 0.25) is 0 Å². The van der Waals surface area contributed by atoms with Gasteiger partial charge in [0.1, 0.15) is 13.2 Å². The second-order valence-electron chi connectivity index (χ2n) is 5.17. The Morgan fingerprint density at radius 2 is 1.26 bits per heavy atom. The zero-order valence-electron chi connectivity index (χ0n) is 15.5. The van der Waals surface area contributed by atoms with Crippen molar-refractivity contribution in [3.8, 4) is 0 Å². The molecular formula is C17H36O5P+. The Labute approximate surface area is 143 Å². The van der Waals surface area contributed by atoms with Crippen molar-refractivity contribution >= 4 is 14.2 Å². The first-order valence-electron chi connectivity index (χ1n) is 9.00. The summed E-state index contributed by atoms with van der Waals surface area (Å²) in [6.07, 6.45) is 9.60. The highest BCUT2D eigenvalue weighted by atomic mass is 31.1. The molecule has 23 heavy (non-hydrogen) atoms. The molecule has 0 bridgehead atoms. The van der Waals surface area contributed by atoms with Crippen LogP contribution >= 0.6 is 8.25 Å². The minimum atomic E-state index is -1.87. The molecule has 0 aliphatic heterocycles. The second kappa shape index (κ2) is 21.5. The first kappa shape index (κ1) is 24.7. The minimum Gasteiger partial charge on any atom is -0.466 e. The minimum absolute atomic E-state index is 0.123. The van der Waals surface area contributed by atoms with Gasteiger partial charge in [-0.05, 0) is 19.8 Å². The Bertz CT molecular complexity index is 256. The highest BCUT2D eigenvalue weighted by Gasteiger charge is 2.18. The third kappa shape index (κ3) is 23.9. The van der Waals surface area contributed by atoms with Crippen LogP contribution in [0.1, 0.15) is 85.5 Å². The van der Waals surface area contributed by atoms with Crippen LogP contribution in [0.3, 0.4) is 0 Å². The number of unbranched alkanes of at least 4 members (excludes halogenated alkanes) is 6. The first-order chi connectivity index (χ1) is 11.1. The molecule has 0 aromatic rings. The number of carbonyl (C=O) groups is 1. The summed E-state index contributed by atoms with van der Waals surface area (Å²) < 4.78 is 25.9. The fourth-order valence-corrected chi connectivity index (χ4v) is 2.27. The summed E-state index contributed by atoms with van der Waals surface area (Å²) in [4.78, 5) is 10.2. The van der Waals surface area contributed by atoms with E-state index in [9.17, 15) is 9.36 Å². The van der Waals surface area contributed by atoms with Gasteiger partial charge < -0.3 is 4.74 Å². The van der Waals surface area contributed by atoms with Crippen LogP contribution in [0.25, 0.3) is 0 Å². The molecule has 0 N–H and O–H groups in total. The molecule has 0 unspecified atom stereocenters. The number of esters is 1. The number of ether oxygens (including phenoxy) is 1. The smallest absolute Gasteiger partial charge is 0.466 e. The molecule has 0 aromatic carbocycles. The summed E-state index contributed by atoms with van der Waals surface area (Å²) in [5, 5.41) is 0. The van der Waals surface area contributed by atoms with Crippen LogP contribution in [0, 0.1) is 0 Å². The van der Waals surface area contributed by atoms with Crippen LogP contribution < -0.4 is 0 Å². The van der Waals surface area contributed by atoms with Crippen molar-refractivity contribution in [2.45, 2.75) is 85.5 Å². The Kier molecular flexibility index (Phi) is 23.1. The Morgan fingerprint density at radius 3 is 1.57 bits per heavy atom. The average Bonchev–Trinajstić information content (AvgIpc) is 2.55. The van der Waals surface area contributed by atoms with E-state index in [2.05, 4.69) is 18.6 Å². The maximum Gasteiger partial charge on any atom is 0.697 e. The molecule has 0 aliphatic rings. The van der Waals surface area contributed by atoms with E-state index >= 15 is 0 Å². The zero-order valence-corrected chi connectivity index (χ0v) is 16.4. The fourth-order valence-electron chi connectivity index (χ4n) is 1.64. The lowest BCUT2D eigenvalue weighted by Crippen LogP contribution is -2.00. The van der Waals surface area contributed by atoms with E-state index in [1.54, 1.807) is 13.8 Å². The van der Waals surface area contributed by atoms with E-state index in [-0.39, 0.29) is 5.97 Å². The monoisotopic (exact) mass is 351 g/mol. The maximum atomic E-state index is 11.2. The van der Waals surface area contributed by atoms with Gasteiger partial charge in [0.15, 0.2) is 0 Å². The van der Waals surface area contributed by atoms with Gasteiger partial charge >= 0.3 is 14.2 Å². The van der Waals surface area contributed by atoms with Crippen LogP contribution in [0.2, 0.25) is 0 Å². The van der Waals surface area contributed by atoms with E-state index in [4.69, 9.17) is 9.05 Å². The molecule has 0 saturated carbocycles. The van der Waals surface area contributed by atoms with E-state index in [1.807, 2.05) is 0 Å². The third-order valence-corrected chi connectivity index (χ3v) is 3.77. The standard InChI is InChI=1S/C12H26O3P.C5H10O2/c1-3-5-7-9-11-14-16(13)15-12-10-8-6-4-2;1-3-5(6)7-4-2/h3-12H2,1-2H3;3-4H2,1-2H3/q+1;. The van der Waals surface area contributed by atoms with Gasteiger partial charge in [0.05, 0.1) is 6.61 Å². The zero-order chi connectivity index (χ0) is 17.8. The van der Waals surface area contributed by atoms with Crippen molar-refractivity contribution in [3.63, 3.8) is 0 Å². The molecule has 0 rings (SSSR count). The maximum absolute atomic E-state index is 11.2. The van der Waals surface area contributed by atoms with Crippen LogP contribution in [0.5, 0.6) is 0 Å². The van der Waals surface area contributed by atoms with Crippen LogP contribution in [0.15, 0.2) is 0 Å². The second-order valence-corrected chi connectivity index (χ2v) is 6.13. The topological polar surface area (TPSA) is 61.8 Å². The SMILES string of the molecule is CCCCCCO[P+](=O)OCCCCCC.CCOC(=O)CC. The van der Waals surface area contributed by atoms with Gasteiger partial charge in [-0.25, -0.2) is 0 Å². The van der Waals surface area contributed by atoms with Gasteiger partial charge in [0.25, 0.3) is 0 Å². The molecule has 6 heteroatoms. The van der Waals surface area contributed by atoms with Crippen LogP contribution in [0.4, 0.5) is 0 Å². The molecule has 0 spiro atoms. The summed E-state index contributed by atoms with van der Waals surface area (Å²) in [5.74, 6) is -0.123. The average molecular weight is 351 g/mol. The Balaban J connectivity index is 0. The van der Waals surface area contributed by atoms with Gasteiger partial charge in [-0.2, -0.15) is 0 Å². The van der Waals surface area contributed by atoms with Gasteiger partial charge in [0, 0.05) is 11.0 Å². The number of hydrogen-bond donors (Lipinski definition) is 0. The predicted molar refractivity (Wildman–Crippen MR) is 94.7 cm³/mol. The third-order valence-electron chi connectivity index (χ3n) is 2.98. The molecule has 0 aliphatic carbocycles. The Hall–Kier alpha value is -0.510. The Morgan fingerprint density at radius 1 is 0.783 bits per heavy atom. The van der Waals surface area contributed by atoms with Crippen molar-refractivity contribution in [2.24, 2.45) is 0 Å². The summed E-state index contributed by atoms with van der Waals surface area (Å²) in [6.45, 7) is 9.52. The lowest BCUT2D eigenvalue weighted by atomic mass is 10.2. The van der Waals surface area contributed by atoms with E-state index in [0.717, 1.165) is 25.7 Å². The van der Waals surface area contributed by atoms with E-state index in [0.29, 0.717) is 26.2 Å². The lowest BCUT2D eigenvalue weighted by molar-refractivity contribution is -0.142. The van der Waals surface area contributed by atoms with Crippen molar-refractivity contribution in [2.75, 3.05) is 19.8 Å². The molecule has 0 atom stereocenters. The molecule has 5 nitrogen and oxygen atoms in total. The molecule has 0 radical (unpaired) electrons. The fraction of sp³-hybridized carbons (Fsp3) is 0.941. The van der Waals surface area contributed by atoms with Crippen molar-refractivity contribution < 1.29 is 23.1 Å². The van der Waals surface area contributed by atoms with Crippen molar-refractivity contribution in [3.05, 3.63) is 0 Å². The molecule has 0 heterocycles. The molecule has 0 aromatic heterocycles. The van der Waals surface area contributed by atoms with Crippen LogP contribution in [-0.4, -0.2) is 25.8 Å². The molecular weight excluding hydrogens is 315 g/mol. The molecule has 0 saturated heterocycles. The summed E-state index contributed by atoms with van der Waals surface area (Å²) in [5.41, 5.74) is 0. The van der Waals surface area contributed by atoms with Gasteiger partial charge in [-0.15, -0.1) is 9.05 Å². The van der Waals surface area contributed by atoms with Gasteiger partial charge in [-0.1, -0.05) is 59.3 Å². The van der Waals surface area contributed by atoms with Crippen molar-refractivity contribution in [1.82, 2.24) is 0 Å². The highest BCUT2D eigenvalue weighted by Crippen LogP contribution is 2.24. The quantitative estimate of drug-likeness (QED) is 0.225. The summed E-state index contributed by atoms with van der Waals surface area (Å²) >= 11 is 0. The van der Waals surface area contributed by atoms with E-state index < -0.39 is 8.25 Å². The highest BCUT2D eigenvalue weighted by molar-refractivity contribution is 7.33. The number of hydrogen-bond acceptors (Lipinski definition) is 5. The van der Waals surface area contributed by atoms with Gasteiger partial charge in [-0.3, -0.25) is 4.79 Å².